The number of ether oxygens (including phenoxy) is 1. The van der Waals surface area contributed by atoms with Gasteiger partial charge in [-0.25, -0.2) is 0 Å². The second kappa shape index (κ2) is 6.63. The van der Waals surface area contributed by atoms with E-state index in [2.05, 4.69) is 56.5 Å². The fraction of sp³-hybridized carbons (Fsp3) is 0.444. The Bertz CT molecular complexity index is 569. The van der Waals surface area contributed by atoms with Crippen molar-refractivity contribution in [2.75, 3.05) is 13.7 Å². The molecule has 0 saturated heterocycles. The molecule has 0 bridgehead atoms. The lowest BCUT2D eigenvalue weighted by atomic mass is 9.83. The molecule has 0 aliphatic rings. The first-order valence-electron chi connectivity index (χ1n) is 7.36. The van der Waals surface area contributed by atoms with Crippen molar-refractivity contribution in [3.63, 3.8) is 0 Å². The molecule has 0 aliphatic heterocycles. The van der Waals surface area contributed by atoms with Crippen LogP contribution >= 0.6 is 11.3 Å². The molecule has 0 amide bonds. The summed E-state index contributed by atoms with van der Waals surface area (Å²) in [5.41, 5.74) is 8.73. The number of methoxy groups -OCH3 is 1. The van der Waals surface area contributed by atoms with Gasteiger partial charge in [-0.15, -0.1) is 11.3 Å². The molecule has 2 N–H and O–H groups in total. The molecule has 0 radical (unpaired) electrons. The van der Waals surface area contributed by atoms with Crippen molar-refractivity contribution in [2.24, 2.45) is 5.73 Å². The predicted molar refractivity (Wildman–Crippen MR) is 91.5 cm³/mol. The fourth-order valence-electron chi connectivity index (χ4n) is 2.51. The fourth-order valence-corrected chi connectivity index (χ4v) is 3.30. The van der Waals surface area contributed by atoms with Crippen molar-refractivity contribution in [3.05, 3.63) is 51.7 Å². The van der Waals surface area contributed by atoms with E-state index in [9.17, 15) is 0 Å². The van der Waals surface area contributed by atoms with Crippen LogP contribution in [0.4, 0.5) is 0 Å². The summed E-state index contributed by atoms with van der Waals surface area (Å²) in [5, 5.41) is 2.12. The monoisotopic (exact) mass is 303 g/mol. The molecular weight excluding hydrogens is 278 g/mol. The van der Waals surface area contributed by atoms with E-state index >= 15 is 0 Å². The van der Waals surface area contributed by atoms with Crippen LogP contribution in [0.25, 0.3) is 0 Å². The quantitative estimate of drug-likeness (QED) is 0.892. The van der Waals surface area contributed by atoms with Crippen LogP contribution in [0, 0.1) is 0 Å². The molecule has 0 fully saturated rings. The van der Waals surface area contributed by atoms with Crippen molar-refractivity contribution in [1.82, 2.24) is 0 Å². The van der Waals surface area contributed by atoms with Crippen LogP contribution in [0.2, 0.25) is 0 Å². The molecule has 0 saturated carbocycles. The highest BCUT2D eigenvalue weighted by atomic mass is 32.1. The lowest BCUT2D eigenvalue weighted by molar-refractivity contribution is 0.404. The molecule has 3 heteroatoms. The summed E-state index contributed by atoms with van der Waals surface area (Å²) >= 11 is 1.79. The summed E-state index contributed by atoms with van der Waals surface area (Å²) in [6.07, 6.45) is 0.970. The standard InChI is InChI=1S/C18H25NOS/c1-18(2,3)14-7-8-17(20-4)16(11-14)13(12-19)10-15-6-5-9-21-15/h5-9,11,13H,10,12,19H2,1-4H3. The molecule has 1 atom stereocenters. The summed E-state index contributed by atoms with van der Waals surface area (Å²) < 4.78 is 5.56. The van der Waals surface area contributed by atoms with Crippen LogP contribution in [-0.4, -0.2) is 13.7 Å². The van der Waals surface area contributed by atoms with Crippen LogP contribution in [0.5, 0.6) is 5.75 Å². The number of rotatable bonds is 5. The molecule has 1 aromatic carbocycles. The maximum Gasteiger partial charge on any atom is 0.122 e. The summed E-state index contributed by atoms with van der Waals surface area (Å²) in [7, 11) is 1.73. The molecular formula is C18H25NOS. The lowest BCUT2D eigenvalue weighted by Crippen LogP contribution is -2.18. The smallest absolute Gasteiger partial charge is 0.122 e. The zero-order chi connectivity index (χ0) is 15.5. The maximum absolute atomic E-state index is 6.05. The van der Waals surface area contributed by atoms with Gasteiger partial charge < -0.3 is 10.5 Å². The Morgan fingerprint density at radius 2 is 2.00 bits per heavy atom. The van der Waals surface area contributed by atoms with E-state index in [4.69, 9.17) is 10.5 Å². The van der Waals surface area contributed by atoms with Crippen LogP contribution in [0.1, 0.15) is 42.7 Å². The van der Waals surface area contributed by atoms with Crippen LogP contribution in [0.3, 0.4) is 0 Å². The topological polar surface area (TPSA) is 35.2 Å². The van der Waals surface area contributed by atoms with Crippen molar-refractivity contribution in [2.45, 2.75) is 38.5 Å². The largest absolute Gasteiger partial charge is 0.496 e. The second-order valence-corrected chi connectivity index (χ2v) is 7.46. The van der Waals surface area contributed by atoms with Gasteiger partial charge in [0.15, 0.2) is 0 Å². The number of hydrogen-bond donors (Lipinski definition) is 1. The van der Waals surface area contributed by atoms with E-state index < -0.39 is 0 Å². The van der Waals surface area contributed by atoms with Crippen molar-refractivity contribution in [3.8, 4) is 5.75 Å². The maximum atomic E-state index is 6.05. The minimum absolute atomic E-state index is 0.128. The Morgan fingerprint density at radius 1 is 1.24 bits per heavy atom. The molecule has 2 nitrogen and oxygen atoms in total. The SMILES string of the molecule is COc1ccc(C(C)(C)C)cc1C(CN)Cc1cccs1. The zero-order valence-electron chi connectivity index (χ0n) is 13.3. The molecule has 0 aliphatic carbocycles. The average molecular weight is 303 g/mol. The average Bonchev–Trinajstić information content (AvgIpc) is 2.96. The molecule has 2 rings (SSSR count). The molecule has 1 unspecified atom stereocenters. The van der Waals surface area contributed by atoms with E-state index in [0.29, 0.717) is 12.5 Å². The van der Waals surface area contributed by atoms with Gasteiger partial charge in [-0.2, -0.15) is 0 Å². The molecule has 21 heavy (non-hydrogen) atoms. The van der Waals surface area contributed by atoms with Crippen LogP contribution in [-0.2, 0) is 11.8 Å². The Balaban J connectivity index is 2.38. The highest BCUT2D eigenvalue weighted by molar-refractivity contribution is 7.09. The van der Waals surface area contributed by atoms with Gasteiger partial charge in [0.25, 0.3) is 0 Å². The normalized spacial score (nSPS) is 13.2. The van der Waals surface area contributed by atoms with Gasteiger partial charge >= 0.3 is 0 Å². The van der Waals surface area contributed by atoms with E-state index in [0.717, 1.165) is 12.2 Å². The number of benzene rings is 1. The van der Waals surface area contributed by atoms with Gasteiger partial charge in [-0.1, -0.05) is 39.0 Å². The van der Waals surface area contributed by atoms with Crippen molar-refractivity contribution in [1.29, 1.82) is 0 Å². The predicted octanol–water partition coefficient (Wildman–Crippen LogP) is 4.34. The lowest BCUT2D eigenvalue weighted by Gasteiger charge is -2.24. The summed E-state index contributed by atoms with van der Waals surface area (Å²) in [4.78, 5) is 1.37. The van der Waals surface area contributed by atoms with Gasteiger partial charge in [0.1, 0.15) is 5.75 Å². The molecule has 1 aromatic heterocycles. The van der Waals surface area contributed by atoms with E-state index in [1.807, 2.05) is 0 Å². The van der Waals surface area contributed by atoms with Gasteiger partial charge in [0, 0.05) is 10.8 Å². The highest BCUT2D eigenvalue weighted by Gasteiger charge is 2.20. The molecule has 1 heterocycles. The Morgan fingerprint density at radius 3 is 2.52 bits per heavy atom. The van der Waals surface area contributed by atoms with Gasteiger partial charge in [-0.3, -0.25) is 0 Å². The molecule has 0 spiro atoms. The number of hydrogen-bond acceptors (Lipinski definition) is 3. The minimum Gasteiger partial charge on any atom is -0.496 e. The highest BCUT2D eigenvalue weighted by Crippen LogP contribution is 2.34. The molecule has 2 aromatic rings. The first kappa shape index (κ1) is 16.1. The summed E-state index contributed by atoms with van der Waals surface area (Å²) in [5.74, 6) is 1.23. The van der Waals surface area contributed by atoms with Gasteiger partial charge in [0.2, 0.25) is 0 Å². The molecule has 114 valence electrons. The van der Waals surface area contributed by atoms with Gasteiger partial charge in [0.05, 0.1) is 7.11 Å². The third kappa shape index (κ3) is 3.86. The first-order chi connectivity index (χ1) is 9.95. The Kier molecular flexibility index (Phi) is 5.07. The van der Waals surface area contributed by atoms with Crippen molar-refractivity contribution < 1.29 is 4.74 Å². The van der Waals surface area contributed by atoms with E-state index in [1.54, 1.807) is 18.4 Å². The Hall–Kier alpha value is -1.32. The van der Waals surface area contributed by atoms with E-state index in [1.165, 1.54) is 16.0 Å². The zero-order valence-corrected chi connectivity index (χ0v) is 14.2. The minimum atomic E-state index is 0.128. The number of nitrogens with two attached hydrogens (primary N) is 1. The first-order valence-corrected chi connectivity index (χ1v) is 8.24. The van der Waals surface area contributed by atoms with Crippen molar-refractivity contribution >= 4 is 11.3 Å². The third-order valence-electron chi connectivity index (χ3n) is 3.85. The number of thiophene rings is 1. The van der Waals surface area contributed by atoms with E-state index in [-0.39, 0.29) is 5.41 Å². The van der Waals surface area contributed by atoms with Gasteiger partial charge in [-0.05, 0) is 47.0 Å². The summed E-state index contributed by atoms with van der Waals surface area (Å²) in [6.45, 7) is 7.32. The second-order valence-electron chi connectivity index (χ2n) is 6.42. The Labute approximate surface area is 132 Å². The van der Waals surface area contributed by atoms with Crippen LogP contribution < -0.4 is 10.5 Å². The summed E-state index contributed by atoms with van der Waals surface area (Å²) in [6, 6.07) is 10.8. The van der Waals surface area contributed by atoms with Crippen LogP contribution in [0.15, 0.2) is 35.7 Å². The third-order valence-corrected chi connectivity index (χ3v) is 4.75.